The molecule has 0 saturated carbocycles. The van der Waals surface area contributed by atoms with Crippen LogP contribution in [0.3, 0.4) is 0 Å². The lowest BCUT2D eigenvalue weighted by molar-refractivity contribution is -0.139. The number of rotatable bonds is 5. The van der Waals surface area contributed by atoms with E-state index in [0.29, 0.717) is 32.4 Å². The van der Waals surface area contributed by atoms with Gasteiger partial charge in [-0.2, -0.15) is 0 Å². The van der Waals surface area contributed by atoms with Gasteiger partial charge in [-0.05, 0) is 30.5 Å². The topological polar surface area (TPSA) is 62.3 Å². The summed E-state index contributed by atoms with van der Waals surface area (Å²) in [6.07, 6.45) is 4.02. The average molecular weight is 337 g/mol. The molecule has 1 fully saturated rings. The van der Waals surface area contributed by atoms with Crippen molar-refractivity contribution in [2.45, 2.75) is 31.7 Å². The summed E-state index contributed by atoms with van der Waals surface area (Å²) in [5, 5.41) is 2.93. The normalized spacial score (nSPS) is 17.7. The van der Waals surface area contributed by atoms with E-state index in [9.17, 15) is 9.59 Å². The van der Waals surface area contributed by atoms with Crippen LogP contribution in [0.4, 0.5) is 0 Å². The van der Waals surface area contributed by atoms with Crippen LogP contribution in [0, 0.1) is 0 Å². The Morgan fingerprint density at radius 1 is 1.16 bits per heavy atom. The van der Waals surface area contributed by atoms with Crippen molar-refractivity contribution < 1.29 is 9.59 Å². The molecule has 1 aliphatic rings. The minimum absolute atomic E-state index is 0.0173. The van der Waals surface area contributed by atoms with Gasteiger partial charge in [-0.25, -0.2) is 0 Å². The van der Waals surface area contributed by atoms with Crippen LogP contribution in [0.2, 0.25) is 0 Å². The third kappa shape index (κ3) is 4.66. The standard InChI is InChI=1S/C20H23N3O2/c24-19(11-10-17-9-4-5-12-21-17)23-14-6-13-22-20(25)18(23)15-16-7-2-1-3-8-16/h1-5,7-9,12,18H,6,10-11,13-15H2,(H,22,25)/t18-/m0/s1. The molecule has 25 heavy (non-hydrogen) atoms. The highest BCUT2D eigenvalue weighted by Crippen LogP contribution is 2.15. The van der Waals surface area contributed by atoms with Crippen molar-refractivity contribution in [3.05, 3.63) is 66.0 Å². The van der Waals surface area contributed by atoms with Gasteiger partial charge in [-0.15, -0.1) is 0 Å². The Hall–Kier alpha value is -2.69. The molecule has 0 bridgehead atoms. The average Bonchev–Trinajstić information content (AvgIpc) is 2.83. The summed E-state index contributed by atoms with van der Waals surface area (Å²) in [6.45, 7) is 1.23. The molecular formula is C20H23N3O2. The monoisotopic (exact) mass is 337 g/mol. The number of hydrogen-bond acceptors (Lipinski definition) is 3. The third-order valence-electron chi connectivity index (χ3n) is 4.47. The molecule has 1 atom stereocenters. The molecule has 5 nitrogen and oxygen atoms in total. The fourth-order valence-corrected chi connectivity index (χ4v) is 3.14. The summed E-state index contributed by atoms with van der Waals surface area (Å²) in [4.78, 5) is 31.3. The van der Waals surface area contributed by atoms with Gasteiger partial charge in [-0.1, -0.05) is 36.4 Å². The number of carbonyl (C=O) groups excluding carboxylic acids is 2. The van der Waals surface area contributed by atoms with Gasteiger partial charge in [0.1, 0.15) is 6.04 Å². The minimum Gasteiger partial charge on any atom is -0.354 e. The number of benzene rings is 1. The van der Waals surface area contributed by atoms with E-state index in [1.165, 1.54) is 0 Å². The van der Waals surface area contributed by atoms with E-state index < -0.39 is 6.04 Å². The Balaban J connectivity index is 1.70. The van der Waals surface area contributed by atoms with Crippen molar-refractivity contribution in [3.8, 4) is 0 Å². The minimum atomic E-state index is -0.443. The van der Waals surface area contributed by atoms with Gasteiger partial charge in [0.25, 0.3) is 0 Å². The molecule has 1 aromatic heterocycles. The van der Waals surface area contributed by atoms with Crippen molar-refractivity contribution in [2.24, 2.45) is 0 Å². The van der Waals surface area contributed by atoms with Gasteiger partial charge in [0.15, 0.2) is 0 Å². The molecule has 0 radical (unpaired) electrons. The zero-order chi connectivity index (χ0) is 17.5. The zero-order valence-electron chi connectivity index (χ0n) is 14.2. The van der Waals surface area contributed by atoms with Crippen LogP contribution in [-0.2, 0) is 22.4 Å². The molecule has 1 N–H and O–H groups in total. The van der Waals surface area contributed by atoms with Crippen LogP contribution in [0.1, 0.15) is 24.1 Å². The van der Waals surface area contributed by atoms with Gasteiger partial charge < -0.3 is 10.2 Å². The maximum atomic E-state index is 12.8. The predicted octanol–water partition coefficient (Wildman–Crippen LogP) is 1.97. The molecule has 2 heterocycles. The second kappa shape index (κ2) is 8.42. The van der Waals surface area contributed by atoms with E-state index in [-0.39, 0.29) is 11.8 Å². The van der Waals surface area contributed by atoms with E-state index >= 15 is 0 Å². The molecule has 2 aromatic rings. The van der Waals surface area contributed by atoms with Crippen LogP contribution in [0.25, 0.3) is 0 Å². The molecule has 3 rings (SSSR count). The van der Waals surface area contributed by atoms with Crippen molar-refractivity contribution in [2.75, 3.05) is 13.1 Å². The highest BCUT2D eigenvalue weighted by molar-refractivity contribution is 5.88. The second-order valence-corrected chi connectivity index (χ2v) is 6.26. The summed E-state index contributed by atoms with van der Waals surface area (Å²) in [5.74, 6) is -0.0452. The lowest BCUT2D eigenvalue weighted by atomic mass is 10.0. The van der Waals surface area contributed by atoms with Gasteiger partial charge in [0, 0.05) is 37.8 Å². The third-order valence-corrected chi connectivity index (χ3v) is 4.47. The quantitative estimate of drug-likeness (QED) is 0.907. The lowest BCUT2D eigenvalue weighted by Crippen LogP contribution is -2.48. The molecule has 0 aliphatic carbocycles. The number of hydrogen-bond donors (Lipinski definition) is 1. The van der Waals surface area contributed by atoms with Crippen LogP contribution < -0.4 is 5.32 Å². The Morgan fingerprint density at radius 2 is 1.96 bits per heavy atom. The molecule has 1 saturated heterocycles. The highest BCUT2D eigenvalue weighted by Gasteiger charge is 2.31. The van der Waals surface area contributed by atoms with Crippen LogP contribution in [0.5, 0.6) is 0 Å². The maximum Gasteiger partial charge on any atom is 0.243 e. The van der Waals surface area contributed by atoms with E-state index in [1.807, 2.05) is 48.5 Å². The molecule has 1 aliphatic heterocycles. The second-order valence-electron chi connectivity index (χ2n) is 6.26. The number of aryl methyl sites for hydroxylation is 1. The van der Waals surface area contributed by atoms with Gasteiger partial charge in [0.05, 0.1) is 0 Å². The first-order valence-electron chi connectivity index (χ1n) is 8.75. The summed E-state index contributed by atoms with van der Waals surface area (Å²) >= 11 is 0. The Bertz CT molecular complexity index is 703. The first-order chi connectivity index (χ1) is 12.2. The van der Waals surface area contributed by atoms with Gasteiger partial charge in [-0.3, -0.25) is 14.6 Å². The number of carbonyl (C=O) groups is 2. The SMILES string of the molecule is O=C1NCCCN(C(=O)CCc2ccccn2)[C@H]1Cc1ccccc1. The largest absolute Gasteiger partial charge is 0.354 e. The Labute approximate surface area is 148 Å². The number of nitrogens with one attached hydrogen (secondary N) is 1. The van der Waals surface area contributed by atoms with Crippen molar-refractivity contribution in [1.82, 2.24) is 15.2 Å². The molecule has 2 amide bonds. The van der Waals surface area contributed by atoms with Crippen LogP contribution in [-0.4, -0.2) is 40.8 Å². The fourth-order valence-electron chi connectivity index (χ4n) is 3.14. The number of aromatic nitrogens is 1. The smallest absolute Gasteiger partial charge is 0.243 e. The molecule has 5 heteroatoms. The fraction of sp³-hybridized carbons (Fsp3) is 0.350. The molecule has 1 aromatic carbocycles. The summed E-state index contributed by atoms with van der Waals surface area (Å²) in [7, 11) is 0. The molecule has 0 unspecified atom stereocenters. The molecular weight excluding hydrogens is 314 g/mol. The first-order valence-corrected chi connectivity index (χ1v) is 8.75. The predicted molar refractivity (Wildman–Crippen MR) is 95.8 cm³/mol. The lowest BCUT2D eigenvalue weighted by Gasteiger charge is -2.28. The number of amides is 2. The summed E-state index contributed by atoms with van der Waals surface area (Å²) in [5.41, 5.74) is 1.96. The van der Waals surface area contributed by atoms with Crippen LogP contribution >= 0.6 is 0 Å². The van der Waals surface area contributed by atoms with Crippen molar-refractivity contribution in [3.63, 3.8) is 0 Å². The summed E-state index contributed by atoms with van der Waals surface area (Å²) in [6, 6.07) is 15.1. The van der Waals surface area contributed by atoms with E-state index in [4.69, 9.17) is 0 Å². The number of nitrogens with zero attached hydrogens (tertiary/aromatic N) is 2. The Morgan fingerprint density at radius 3 is 2.72 bits per heavy atom. The van der Waals surface area contributed by atoms with Crippen molar-refractivity contribution >= 4 is 11.8 Å². The van der Waals surface area contributed by atoms with Crippen molar-refractivity contribution in [1.29, 1.82) is 0 Å². The molecule has 0 spiro atoms. The first kappa shape index (κ1) is 17.1. The van der Waals surface area contributed by atoms with E-state index in [1.54, 1.807) is 11.1 Å². The van der Waals surface area contributed by atoms with Gasteiger partial charge >= 0.3 is 0 Å². The van der Waals surface area contributed by atoms with E-state index in [2.05, 4.69) is 10.3 Å². The maximum absolute atomic E-state index is 12.8. The Kier molecular flexibility index (Phi) is 5.77. The van der Waals surface area contributed by atoms with E-state index in [0.717, 1.165) is 17.7 Å². The van der Waals surface area contributed by atoms with Crippen LogP contribution in [0.15, 0.2) is 54.7 Å². The number of pyridine rings is 1. The van der Waals surface area contributed by atoms with Gasteiger partial charge in [0.2, 0.25) is 11.8 Å². The highest BCUT2D eigenvalue weighted by atomic mass is 16.2. The zero-order valence-corrected chi connectivity index (χ0v) is 14.2. The molecule has 130 valence electrons. The summed E-state index contributed by atoms with van der Waals surface area (Å²) < 4.78 is 0.